The highest BCUT2D eigenvalue weighted by Gasteiger charge is 2.07. The van der Waals surface area contributed by atoms with E-state index in [0.717, 1.165) is 6.42 Å². The van der Waals surface area contributed by atoms with Crippen LogP contribution in [0.2, 0.25) is 0 Å². The van der Waals surface area contributed by atoms with Crippen molar-refractivity contribution in [2.45, 2.75) is 13.3 Å². The first-order valence-corrected chi connectivity index (χ1v) is 4.66. The van der Waals surface area contributed by atoms with Crippen LogP contribution < -0.4 is 0 Å². The van der Waals surface area contributed by atoms with Gasteiger partial charge in [-0.1, -0.05) is 5.92 Å². The minimum atomic E-state index is -0.850. The summed E-state index contributed by atoms with van der Waals surface area (Å²) in [7, 11) is 0. The molecule has 4 heteroatoms. The molecule has 0 bridgehead atoms. The van der Waals surface area contributed by atoms with Crippen molar-refractivity contribution in [1.82, 2.24) is 4.90 Å². The Kier molecular flexibility index (Phi) is 7.90. The van der Waals surface area contributed by atoms with Crippen LogP contribution in [0.15, 0.2) is 0 Å². The van der Waals surface area contributed by atoms with Crippen molar-refractivity contribution in [3.8, 4) is 12.3 Å². The summed E-state index contributed by atoms with van der Waals surface area (Å²) < 4.78 is 5.14. The maximum absolute atomic E-state index is 10.4. The molecule has 0 amide bonds. The van der Waals surface area contributed by atoms with Gasteiger partial charge in [0.1, 0.15) is 0 Å². The monoisotopic (exact) mass is 199 g/mol. The van der Waals surface area contributed by atoms with Crippen LogP contribution in [0.4, 0.5) is 0 Å². The minimum Gasteiger partial charge on any atom is -0.480 e. The molecule has 4 nitrogen and oxygen atoms in total. The van der Waals surface area contributed by atoms with Crippen molar-refractivity contribution in [1.29, 1.82) is 0 Å². The summed E-state index contributed by atoms with van der Waals surface area (Å²) in [6.45, 7) is 4.30. The van der Waals surface area contributed by atoms with E-state index in [9.17, 15) is 4.79 Å². The molecule has 0 unspecified atom stereocenters. The highest BCUT2D eigenvalue weighted by molar-refractivity contribution is 5.69. The molecule has 0 fully saturated rings. The quantitative estimate of drug-likeness (QED) is 0.455. The van der Waals surface area contributed by atoms with Gasteiger partial charge in [-0.05, 0) is 13.3 Å². The number of carboxylic acids is 1. The van der Waals surface area contributed by atoms with Crippen LogP contribution in [-0.4, -0.2) is 48.8 Å². The Bertz CT molecular complexity index is 198. The first-order chi connectivity index (χ1) is 6.70. The molecule has 0 aliphatic rings. The predicted octanol–water partition coefficient (Wildman–Crippen LogP) is 0.433. The van der Waals surface area contributed by atoms with Gasteiger partial charge >= 0.3 is 5.97 Å². The lowest BCUT2D eigenvalue weighted by atomic mass is 10.3. The maximum atomic E-state index is 10.4. The molecule has 0 aromatic heterocycles. The van der Waals surface area contributed by atoms with Gasteiger partial charge in [-0.3, -0.25) is 9.69 Å². The summed E-state index contributed by atoms with van der Waals surface area (Å²) >= 11 is 0. The second-order valence-corrected chi connectivity index (χ2v) is 2.86. The molecule has 14 heavy (non-hydrogen) atoms. The number of nitrogens with zero attached hydrogens (tertiary/aromatic N) is 1. The summed E-state index contributed by atoms with van der Waals surface area (Å²) in [6.07, 6.45) is 5.93. The largest absolute Gasteiger partial charge is 0.480 e. The molecular weight excluding hydrogens is 182 g/mol. The molecule has 0 aliphatic heterocycles. The Morgan fingerprint density at radius 1 is 1.64 bits per heavy atom. The SMILES string of the molecule is C#CCN(CCCOCC)CC(=O)O. The third kappa shape index (κ3) is 7.59. The van der Waals surface area contributed by atoms with Crippen molar-refractivity contribution < 1.29 is 14.6 Å². The average molecular weight is 199 g/mol. The summed E-state index contributed by atoms with van der Waals surface area (Å²) in [6, 6.07) is 0. The number of ether oxygens (including phenoxy) is 1. The van der Waals surface area contributed by atoms with E-state index >= 15 is 0 Å². The van der Waals surface area contributed by atoms with Crippen LogP contribution >= 0.6 is 0 Å². The van der Waals surface area contributed by atoms with Gasteiger partial charge in [-0.2, -0.15) is 0 Å². The normalized spacial score (nSPS) is 10.1. The zero-order chi connectivity index (χ0) is 10.8. The first kappa shape index (κ1) is 12.9. The summed E-state index contributed by atoms with van der Waals surface area (Å²) in [5, 5.41) is 8.57. The van der Waals surface area contributed by atoms with Crippen molar-refractivity contribution in [3.63, 3.8) is 0 Å². The Labute approximate surface area is 84.9 Å². The molecule has 0 aromatic rings. The Morgan fingerprint density at radius 3 is 2.86 bits per heavy atom. The number of carbonyl (C=O) groups is 1. The van der Waals surface area contributed by atoms with Gasteiger partial charge in [0.25, 0.3) is 0 Å². The van der Waals surface area contributed by atoms with Gasteiger partial charge in [-0.15, -0.1) is 6.42 Å². The fraction of sp³-hybridized carbons (Fsp3) is 0.700. The Hall–Kier alpha value is -1.05. The van der Waals surface area contributed by atoms with Gasteiger partial charge in [0.15, 0.2) is 0 Å². The van der Waals surface area contributed by atoms with Gasteiger partial charge in [-0.25, -0.2) is 0 Å². The molecule has 0 atom stereocenters. The van der Waals surface area contributed by atoms with E-state index in [1.165, 1.54) is 0 Å². The molecular formula is C10H17NO3. The standard InChI is InChI=1S/C10H17NO3/c1-3-6-11(9-10(12)13)7-5-8-14-4-2/h1H,4-9H2,2H3,(H,12,13). The van der Waals surface area contributed by atoms with Crippen molar-refractivity contribution in [2.75, 3.05) is 32.8 Å². The van der Waals surface area contributed by atoms with E-state index in [4.69, 9.17) is 16.3 Å². The first-order valence-electron chi connectivity index (χ1n) is 4.66. The van der Waals surface area contributed by atoms with Gasteiger partial charge in [0.2, 0.25) is 0 Å². The zero-order valence-electron chi connectivity index (χ0n) is 8.53. The lowest BCUT2D eigenvalue weighted by Gasteiger charge is -2.16. The topological polar surface area (TPSA) is 49.8 Å². The molecule has 0 radical (unpaired) electrons. The smallest absolute Gasteiger partial charge is 0.317 e. The molecule has 80 valence electrons. The second kappa shape index (κ2) is 8.54. The number of hydrogen-bond acceptors (Lipinski definition) is 3. The van der Waals surface area contributed by atoms with E-state index in [1.807, 2.05) is 6.92 Å². The predicted molar refractivity (Wildman–Crippen MR) is 54.0 cm³/mol. The van der Waals surface area contributed by atoms with E-state index in [-0.39, 0.29) is 6.54 Å². The highest BCUT2D eigenvalue weighted by atomic mass is 16.5. The molecule has 0 heterocycles. The van der Waals surface area contributed by atoms with Gasteiger partial charge in [0, 0.05) is 19.8 Å². The van der Waals surface area contributed by atoms with Crippen LogP contribution in [0.5, 0.6) is 0 Å². The lowest BCUT2D eigenvalue weighted by molar-refractivity contribution is -0.138. The second-order valence-electron chi connectivity index (χ2n) is 2.86. The van der Waals surface area contributed by atoms with Crippen molar-refractivity contribution in [2.24, 2.45) is 0 Å². The fourth-order valence-corrected chi connectivity index (χ4v) is 1.07. The molecule has 0 spiro atoms. The average Bonchev–Trinajstić information content (AvgIpc) is 2.12. The highest BCUT2D eigenvalue weighted by Crippen LogP contribution is 1.92. The maximum Gasteiger partial charge on any atom is 0.317 e. The van der Waals surface area contributed by atoms with Crippen LogP contribution in [0.1, 0.15) is 13.3 Å². The molecule has 0 aliphatic carbocycles. The third-order valence-electron chi connectivity index (χ3n) is 1.64. The van der Waals surface area contributed by atoms with Crippen molar-refractivity contribution in [3.05, 3.63) is 0 Å². The van der Waals surface area contributed by atoms with Crippen molar-refractivity contribution >= 4 is 5.97 Å². The van der Waals surface area contributed by atoms with Crippen LogP contribution in [-0.2, 0) is 9.53 Å². The van der Waals surface area contributed by atoms with Crippen LogP contribution in [0, 0.1) is 12.3 Å². The molecule has 1 N–H and O–H groups in total. The van der Waals surface area contributed by atoms with E-state index in [0.29, 0.717) is 26.3 Å². The number of aliphatic carboxylic acids is 1. The Morgan fingerprint density at radius 2 is 2.36 bits per heavy atom. The molecule has 0 aromatic carbocycles. The number of carboxylic acid groups (broad SMARTS) is 1. The van der Waals surface area contributed by atoms with Gasteiger partial charge < -0.3 is 9.84 Å². The Balaban J connectivity index is 3.63. The third-order valence-corrected chi connectivity index (χ3v) is 1.64. The number of hydrogen-bond donors (Lipinski definition) is 1. The number of terminal acetylenes is 1. The zero-order valence-corrected chi connectivity index (χ0v) is 8.53. The molecule has 0 saturated heterocycles. The van der Waals surface area contributed by atoms with E-state index in [1.54, 1.807) is 4.90 Å². The lowest BCUT2D eigenvalue weighted by Crippen LogP contribution is -2.31. The van der Waals surface area contributed by atoms with Crippen LogP contribution in [0.3, 0.4) is 0 Å². The van der Waals surface area contributed by atoms with Crippen LogP contribution in [0.25, 0.3) is 0 Å². The number of rotatable bonds is 8. The molecule has 0 rings (SSSR count). The van der Waals surface area contributed by atoms with Gasteiger partial charge in [0.05, 0.1) is 13.1 Å². The summed E-state index contributed by atoms with van der Waals surface area (Å²) in [5.41, 5.74) is 0. The molecule has 0 saturated carbocycles. The van der Waals surface area contributed by atoms with E-state index < -0.39 is 5.97 Å². The minimum absolute atomic E-state index is 0.00365. The van der Waals surface area contributed by atoms with E-state index in [2.05, 4.69) is 5.92 Å². The summed E-state index contributed by atoms with van der Waals surface area (Å²) in [4.78, 5) is 12.1. The fourth-order valence-electron chi connectivity index (χ4n) is 1.07. The summed E-state index contributed by atoms with van der Waals surface area (Å²) in [5.74, 6) is 1.59.